The molecule has 0 fully saturated rings. The number of carbonyl (C=O) groups excluding carboxylic acids is 1. The molecule has 0 aliphatic rings. The first-order valence-electron chi connectivity index (χ1n) is 3.95. The van der Waals surface area contributed by atoms with Crippen molar-refractivity contribution in [3.8, 4) is 6.07 Å². The average Bonchev–Trinajstić information content (AvgIpc) is 2.25. The number of esters is 1. The van der Waals surface area contributed by atoms with Crippen LogP contribution >= 0.6 is 0 Å². The van der Waals surface area contributed by atoms with Crippen LogP contribution in [0.25, 0.3) is 0 Å². The van der Waals surface area contributed by atoms with Gasteiger partial charge in [0.1, 0.15) is 11.8 Å². The van der Waals surface area contributed by atoms with E-state index in [9.17, 15) is 18.0 Å². The molecule has 7 heteroatoms. The topological polar surface area (TPSA) is 63.0 Å². The molecule has 0 aromatic carbocycles. The molecule has 1 aromatic rings. The van der Waals surface area contributed by atoms with E-state index >= 15 is 0 Å². The molecular formula is C9H5F3N2O2. The van der Waals surface area contributed by atoms with Crippen molar-refractivity contribution in [3.63, 3.8) is 0 Å². The van der Waals surface area contributed by atoms with E-state index in [1.165, 1.54) is 6.07 Å². The highest BCUT2D eigenvalue weighted by Gasteiger charge is 2.36. The van der Waals surface area contributed by atoms with Crippen molar-refractivity contribution in [3.05, 3.63) is 29.1 Å². The van der Waals surface area contributed by atoms with E-state index in [1.807, 2.05) is 0 Å². The van der Waals surface area contributed by atoms with E-state index in [0.29, 0.717) is 6.20 Å². The van der Waals surface area contributed by atoms with Gasteiger partial charge in [-0.3, -0.25) is 0 Å². The molecule has 0 spiro atoms. The Morgan fingerprint density at radius 3 is 2.62 bits per heavy atom. The Bertz CT molecular complexity index is 463. The minimum absolute atomic E-state index is 0.284. The summed E-state index contributed by atoms with van der Waals surface area (Å²) >= 11 is 0. The molecule has 0 atom stereocenters. The zero-order valence-electron chi connectivity index (χ0n) is 8.00. The number of methoxy groups -OCH3 is 1. The molecule has 0 unspecified atom stereocenters. The van der Waals surface area contributed by atoms with Crippen molar-refractivity contribution >= 4 is 5.97 Å². The summed E-state index contributed by atoms with van der Waals surface area (Å²) in [5.41, 5.74) is -2.23. The maximum absolute atomic E-state index is 12.5. The van der Waals surface area contributed by atoms with Gasteiger partial charge in [0.25, 0.3) is 0 Å². The Kier molecular flexibility index (Phi) is 3.13. The van der Waals surface area contributed by atoms with Crippen LogP contribution in [0.3, 0.4) is 0 Å². The fourth-order valence-corrected chi connectivity index (χ4v) is 1.02. The van der Waals surface area contributed by atoms with Crippen LogP contribution in [0.15, 0.2) is 12.3 Å². The van der Waals surface area contributed by atoms with Gasteiger partial charge in [-0.2, -0.15) is 18.4 Å². The number of pyridine rings is 1. The molecule has 1 heterocycles. The highest BCUT2D eigenvalue weighted by molar-refractivity contribution is 5.91. The number of carbonyl (C=O) groups is 1. The zero-order chi connectivity index (χ0) is 12.3. The summed E-state index contributed by atoms with van der Waals surface area (Å²) in [6.07, 6.45) is -4.28. The molecule has 0 radical (unpaired) electrons. The number of aromatic nitrogens is 1. The molecular weight excluding hydrogens is 225 g/mol. The smallest absolute Gasteiger partial charge is 0.418 e. The Balaban J connectivity index is 3.40. The van der Waals surface area contributed by atoms with E-state index < -0.39 is 23.3 Å². The molecule has 16 heavy (non-hydrogen) atoms. The highest BCUT2D eigenvalue weighted by Crippen LogP contribution is 2.31. The molecule has 0 amide bonds. The predicted octanol–water partition coefficient (Wildman–Crippen LogP) is 1.76. The lowest BCUT2D eigenvalue weighted by Gasteiger charge is -2.10. The molecule has 84 valence electrons. The second-order valence-electron chi connectivity index (χ2n) is 2.72. The van der Waals surface area contributed by atoms with Gasteiger partial charge < -0.3 is 4.74 Å². The van der Waals surface area contributed by atoms with Gasteiger partial charge in [-0.25, -0.2) is 9.78 Å². The van der Waals surface area contributed by atoms with Gasteiger partial charge in [0, 0.05) is 6.20 Å². The summed E-state index contributed by atoms with van der Waals surface area (Å²) in [5.74, 6) is -1.16. The minimum atomic E-state index is -4.72. The third-order valence-electron chi connectivity index (χ3n) is 1.73. The standard InChI is InChI=1S/C9H5F3N2O2/c1-16-8(15)6-2-5(3-13)14-4-7(6)9(10,11)12/h2,4H,1H3. The van der Waals surface area contributed by atoms with E-state index in [1.54, 1.807) is 0 Å². The Morgan fingerprint density at radius 2 is 2.19 bits per heavy atom. The third kappa shape index (κ3) is 2.28. The lowest BCUT2D eigenvalue weighted by molar-refractivity contribution is -0.138. The van der Waals surface area contributed by atoms with E-state index in [2.05, 4.69) is 9.72 Å². The summed E-state index contributed by atoms with van der Waals surface area (Å²) in [6.45, 7) is 0. The molecule has 0 saturated carbocycles. The van der Waals surface area contributed by atoms with Crippen LogP contribution in [0, 0.1) is 11.3 Å². The molecule has 4 nitrogen and oxygen atoms in total. The Hall–Kier alpha value is -2.10. The molecule has 0 aliphatic carbocycles. The maximum atomic E-state index is 12.5. The highest BCUT2D eigenvalue weighted by atomic mass is 19.4. The largest absolute Gasteiger partial charge is 0.465 e. The van der Waals surface area contributed by atoms with Gasteiger partial charge in [0.05, 0.1) is 18.2 Å². The Labute approximate surface area is 88.3 Å². The van der Waals surface area contributed by atoms with Crippen LogP contribution in [-0.4, -0.2) is 18.1 Å². The van der Waals surface area contributed by atoms with Gasteiger partial charge in [0.2, 0.25) is 0 Å². The Morgan fingerprint density at radius 1 is 1.56 bits per heavy atom. The molecule has 0 N–H and O–H groups in total. The van der Waals surface area contributed by atoms with Gasteiger partial charge >= 0.3 is 12.1 Å². The van der Waals surface area contributed by atoms with Crippen LogP contribution in [0.2, 0.25) is 0 Å². The fourth-order valence-electron chi connectivity index (χ4n) is 1.02. The van der Waals surface area contributed by atoms with Gasteiger partial charge in [-0.15, -0.1) is 0 Å². The van der Waals surface area contributed by atoms with E-state index in [4.69, 9.17) is 5.26 Å². The third-order valence-corrected chi connectivity index (χ3v) is 1.73. The van der Waals surface area contributed by atoms with E-state index in [-0.39, 0.29) is 5.69 Å². The van der Waals surface area contributed by atoms with Crippen LogP contribution < -0.4 is 0 Å². The van der Waals surface area contributed by atoms with Crippen molar-refractivity contribution in [2.75, 3.05) is 7.11 Å². The van der Waals surface area contributed by atoms with Crippen LogP contribution in [-0.2, 0) is 10.9 Å². The normalized spacial score (nSPS) is 10.7. The number of hydrogen-bond acceptors (Lipinski definition) is 4. The lowest BCUT2D eigenvalue weighted by Crippen LogP contribution is -2.15. The minimum Gasteiger partial charge on any atom is -0.465 e. The first kappa shape index (κ1) is 12.0. The van der Waals surface area contributed by atoms with Crippen molar-refractivity contribution < 1.29 is 22.7 Å². The fraction of sp³-hybridized carbons (Fsp3) is 0.222. The summed E-state index contributed by atoms with van der Waals surface area (Å²) in [7, 11) is 0.953. The lowest BCUT2D eigenvalue weighted by atomic mass is 10.1. The molecule has 1 rings (SSSR count). The average molecular weight is 230 g/mol. The van der Waals surface area contributed by atoms with E-state index in [0.717, 1.165) is 13.2 Å². The number of nitriles is 1. The first-order chi connectivity index (χ1) is 7.40. The van der Waals surface area contributed by atoms with Gasteiger partial charge in [0.15, 0.2) is 0 Å². The van der Waals surface area contributed by atoms with Crippen LogP contribution in [0.5, 0.6) is 0 Å². The number of ether oxygens (including phenoxy) is 1. The number of halogens is 3. The second-order valence-corrected chi connectivity index (χ2v) is 2.72. The van der Waals surface area contributed by atoms with Crippen LogP contribution in [0.4, 0.5) is 13.2 Å². The van der Waals surface area contributed by atoms with Crippen molar-refractivity contribution in [1.82, 2.24) is 4.98 Å². The second kappa shape index (κ2) is 4.18. The van der Waals surface area contributed by atoms with Gasteiger partial charge in [-0.05, 0) is 6.07 Å². The number of nitrogens with zero attached hydrogens (tertiary/aromatic N) is 2. The molecule has 0 aliphatic heterocycles. The summed E-state index contributed by atoms with van der Waals surface area (Å²) < 4.78 is 41.5. The summed E-state index contributed by atoms with van der Waals surface area (Å²) in [4.78, 5) is 14.3. The monoisotopic (exact) mass is 230 g/mol. The maximum Gasteiger partial charge on any atom is 0.418 e. The van der Waals surface area contributed by atoms with Crippen LogP contribution in [0.1, 0.15) is 21.6 Å². The number of rotatable bonds is 1. The summed E-state index contributed by atoms with van der Waals surface area (Å²) in [5, 5.41) is 8.46. The molecule has 0 saturated heterocycles. The first-order valence-corrected chi connectivity index (χ1v) is 3.95. The predicted molar refractivity (Wildman–Crippen MR) is 45.3 cm³/mol. The molecule has 0 bridgehead atoms. The van der Waals surface area contributed by atoms with Crippen molar-refractivity contribution in [2.45, 2.75) is 6.18 Å². The quantitative estimate of drug-likeness (QED) is 0.689. The van der Waals surface area contributed by atoms with Crippen molar-refractivity contribution in [2.24, 2.45) is 0 Å². The number of alkyl halides is 3. The summed E-state index contributed by atoms with van der Waals surface area (Å²) in [6, 6.07) is 2.28. The zero-order valence-corrected chi connectivity index (χ0v) is 8.00. The van der Waals surface area contributed by atoms with Gasteiger partial charge in [-0.1, -0.05) is 0 Å². The molecule has 1 aromatic heterocycles. The van der Waals surface area contributed by atoms with Crippen molar-refractivity contribution in [1.29, 1.82) is 5.26 Å². The number of hydrogen-bond donors (Lipinski definition) is 0. The SMILES string of the molecule is COC(=O)c1cc(C#N)ncc1C(F)(F)F.